The minimum atomic E-state index is 0.599. The summed E-state index contributed by atoms with van der Waals surface area (Å²) >= 11 is 0. The van der Waals surface area contributed by atoms with Crippen molar-refractivity contribution >= 4 is 10.9 Å². The Morgan fingerprint density at radius 3 is 2.96 bits per heavy atom. The number of rotatable bonds is 5. The third-order valence-corrected chi connectivity index (χ3v) is 5.53. The highest BCUT2D eigenvalue weighted by atomic mass is 15.1. The zero-order chi connectivity index (χ0) is 17.1. The van der Waals surface area contributed by atoms with Crippen molar-refractivity contribution in [1.82, 2.24) is 15.1 Å². The molecule has 0 bridgehead atoms. The van der Waals surface area contributed by atoms with Gasteiger partial charge in [0.1, 0.15) is 0 Å². The first kappa shape index (κ1) is 16.3. The third-order valence-electron chi connectivity index (χ3n) is 5.53. The van der Waals surface area contributed by atoms with E-state index in [0.717, 1.165) is 11.4 Å². The highest BCUT2D eigenvalue weighted by molar-refractivity contribution is 5.78. The van der Waals surface area contributed by atoms with Crippen molar-refractivity contribution < 1.29 is 0 Å². The lowest BCUT2D eigenvalue weighted by molar-refractivity contribution is 0.167. The van der Waals surface area contributed by atoms with Crippen molar-refractivity contribution in [3.05, 3.63) is 65.9 Å². The van der Waals surface area contributed by atoms with Crippen LogP contribution in [-0.2, 0) is 6.42 Å². The number of likely N-dealkylation sites (tertiary alicyclic amines) is 1. The van der Waals surface area contributed by atoms with Gasteiger partial charge in [0.15, 0.2) is 0 Å². The quantitative estimate of drug-likeness (QED) is 0.739. The fourth-order valence-electron chi connectivity index (χ4n) is 4.21. The number of nitrogens with zero attached hydrogens (tertiary/aromatic N) is 2. The zero-order valence-corrected chi connectivity index (χ0v) is 15.0. The van der Waals surface area contributed by atoms with Crippen molar-refractivity contribution in [3.8, 4) is 0 Å². The normalized spacial score (nSPS) is 20.0. The van der Waals surface area contributed by atoms with E-state index in [4.69, 9.17) is 0 Å². The van der Waals surface area contributed by atoms with Crippen LogP contribution in [0.1, 0.15) is 36.8 Å². The van der Waals surface area contributed by atoms with Gasteiger partial charge in [0, 0.05) is 18.5 Å². The number of hydrogen-bond acceptors (Lipinski definition) is 2. The SMILES string of the molecule is CC(CN1CCC[C@@H](Cc2ccc3[nH]ncc3c2)C1)c1ccccc1. The van der Waals surface area contributed by atoms with E-state index in [1.807, 2.05) is 6.20 Å². The number of benzene rings is 2. The minimum absolute atomic E-state index is 0.599. The number of H-pyrrole nitrogens is 1. The molecule has 1 N–H and O–H groups in total. The zero-order valence-electron chi connectivity index (χ0n) is 15.0. The van der Waals surface area contributed by atoms with E-state index >= 15 is 0 Å². The molecular weight excluding hydrogens is 306 g/mol. The predicted octanol–water partition coefficient (Wildman–Crippen LogP) is 4.62. The summed E-state index contributed by atoms with van der Waals surface area (Å²) in [6.45, 7) is 5.99. The lowest BCUT2D eigenvalue weighted by Crippen LogP contribution is -2.38. The second-order valence-electron chi connectivity index (χ2n) is 7.58. The molecule has 3 heteroatoms. The summed E-state index contributed by atoms with van der Waals surface area (Å²) in [7, 11) is 0. The van der Waals surface area contributed by atoms with Gasteiger partial charge in [-0.05, 0) is 60.9 Å². The summed E-state index contributed by atoms with van der Waals surface area (Å²) in [5.41, 5.74) is 4.03. The molecule has 0 amide bonds. The Balaban J connectivity index is 1.37. The monoisotopic (exact) mass is 333 g/mol. The molecule has 4 rings (SSSR count). The van der Waals surface area contributed by atoms with Crippen molar-refractivity contribution in [2.75, 3.05) is 19.6 Å². The van der Waals surface area contributed by atoms with Gasteiger partial charge in [-0.2, -0.15) is 5.10 Å². The molecule has 2 aromatic carbocycles. The van der Waals surface area contributed by atoms with Crippen LogP contribution in [0.2, 0.25) is 0 Å². The topological polar surface area (TPSA) is 31.9 Å². The molecule has 3 aromatic rings. The van der Waals surface area contributed by atoms with Gasteiger partial charge >= 0.3 is 0 Å². The van der Waals surface area contributed by atoms with Crippen LogP contribution < -0.4 is 0 Å². The second-order valence-corrected chi connectivity index (χ2v) is 7.58. The second kappa shape index (κ2) is 7.40. The Labute approximate surface area is 150 Å². The molecule has 1 unspecified atom stereocenters. The summed E-state index contributed by atoms with van der Waals surface area (Å²) in [5, 5.41) is 8.39. The minimum Gasteiger partial charge on any atom is -0.302 e. The standard InChI is InChI=1S/C22H27N3/c1-17(20-7-3-2-4-8-20)15-25-11-5-6-19(16-25)12-18-9-10-22-21(13-18)14-23-24-22/h2-4,7-10,13-14,17,19H,5-6,11-12,15-16H2,1H3,(H,23,24)/t17?,19-/m0/s1. The first-order valence-electron chi connectivity index (χ1n) is 9.47. The Hall–Kier alpha value is -2.13. The highest BCUT2D eigenvalue weighted by Crippen LogP contribution is 2.25. The average molecular weight is 333 g/mol. The van der Waals surface area contributed by atoms with E-state index in [1.165, 1.54) is 55.4 Å². The molecule has 0 saturated carbocycles. The predicted molar refractivity (Wildman–Crippen MR) is 104 cm³/mol. The van der Waals surface area contributed by atoms with Crippen molar-refractivity contribution in [3.63, 3.8) is 0 Å². The Kier molecular flexibility index (Phi) is 4.84. The van der Waals surface area contributed by atoms with Crippen molar-refractivity contribution in [2.24, 2.45) is 5.92 Å². The molecule has 2 heterocycles. The molecule has 3 nitrogen and oxygen atoms in total. The van der Waals surface area contributed by atoms with Crippen LogP contribution >= 0.6 is 0 Å². The van der Waals surface area contributed by atoms with Gasteiger partial charge in [-0.15, -0.1) is 0 Å². The van der Waals surface area contributed by atoms with E-state index in [0.29, 0.717) is 5.92 Å². The lowest BCUT2D eigenvalue weighted by atomic mass is 9.90. The van der Waals surface area contributed by atoms with Crippen LogP contribution in [-0.4, -0.2) is 34.7 Å². The van der Waals surface area contributed by atoms with Crippen LogP contribution in [0.4, 0.5) is 0 Å². The third kappa shape index (κ3) is 3.93. The van der Waals surface area contributed by atoms with Gasteiger partial charge in [-0.1, -0.05) is 43.3 Å². The van der Waals surface area contributed by atoms with Gasteiger partial charge < -0.3 is 4.90 Å². The molecular formula is C22H27N3. The molecule has 25 heavy (non-hydrogen) atoms. The number of aromatic nitrogens is 2. The molecule has 0 spiro atoms. The van der Waals surface area contributed by atoms with Crippen LogP contribution in [0.3, 0.4) is 0 Å². The van der Waals surface area contributed by atoms with Gasteiger partial charge in [-0.3, -0.25) is 5.10 Å². The number of aromatic amines is 1. The Morgan fingerprint density at radius 2 is 2.08 bits per heavy atom. The maximum Gasteiger partial charge on any atom is 0.0650 e. The molecule has 1 saturated heterocycles. The van der Waals surface area contributed by atoms with Crippen LogP contribution in [0.25, 0.3) is 10.9 Å². The highest BCUT2D eigenvalue weighted by Gasteiger charge is 2.22. The van der Waals surface area contributed by atoms with Gasteiger partial charge in [0.25, 0.3) is 0 Å². The summed E-state index contributed by atoms with van der Waals surface area (Å²) in [5.74, 6) is 1.36. The van der Waals surface area contributed by atoms with E-state index < -0.39 is 0 Å². The summed E-state index contributed by atoms with van der Waals surface area (Å²) in [6.07, 6.45) is 5.77. The van der Waals surface area contributed by atoms with Gasteiger partial charge in [0.2, 0.25) is 0 Å². The first-order chi connectivity index (χ1) is 12.3. The Morgan fingerprint density at radius 1 is 1.20 bits per heavy atom. The maximum atomic E-state index is 4.13. The molecule has 130 valence electrons. The number of nitrogens with one attached hydrogen (secondary N) is 1. The summed E-state index contributed by atoms with van der Waals surface area (Å²) in [6, 6.07) is 17.6. The molecule has 1 aliphatic rings. The molecule has 1 aromatic heterocycles. The average Bonchev–Trinajstić information content (AvgIpc) is 3.10. The van der Waals surface area contributed by atoms with Crippen molar-refractivity contribution in [2.45, 2.75) is 32.1 Å². The number of hydrogen-bond donors (Lipinski definition) is 1. The van der Waals surface area contributed by atoms with E-state index in [1.54, 1.807) is 0 Å². The summed E-state index contributed by atoms with van der Waals surface area (Å²) < 4.78 is 0. The molecule has 1 aliphatic heterocycles. The number of piperidine rings is 1. The fourth-order valence-corrected chi connectivity index (χ4v) is 4.21. The van der Waals surface area contributed by atoms with E-state index in [9.17, 15) is 0 Å². The van der Waals surface area contributed by atoms with Crippen LogP contribution in [0, 0.1) is 5.92 Å². The first-order valence-corrected chi connectivity index (χ1v) is 9.47. The molecule has 0 radical (unpaired) electrons. The number of fused-ring (bicyclic) bond motifs is 1. The Bertz CT molecular complexity index is 808. The van der Waals surface area contributed by atoms with Gasteiger partial charge in [-0.25, -0.2) is 0 Å². The summed E-state index contributed by atoms with van der Waals surface area (Å²) in [4.78, 5) is 2.67. The fraction of sp³-hybridized carbons (Fsp3) is 0.409. The molecule has 1 fully saturated rings. The van der Waals surface area contributed by atoms with Gasteiger partial charge in [0.05, 0.1) is 11.7 Å². The van der Waals surface area contributed by atoms with Crippen LogP contribution in [0.5, 0.6) is 0 Å². The largest absolute Gasteiger partial charge is 0.302 e. The lowest BCUT2D eigenvalue weighted by Gasteiger charge is -2.34. The van der Waals surface area contributed by atoms with Crippen molar-refractivity contribution in [1.29, 1.82) is 0 Å². The van der Waals surface area contributed by atoms with E-state index in [-0.39, 0.29) is 0 Å². The smallest absolute Gasteiger partial charge is 0.0650 e. The maximum absolute atomic E-state index is 4.13. The van der Waals surface area contributed by atoms with E-state index in [2.05, 4.69) is 70.6 Å². The van der Waals surface area contributed by atoms with Crippen LogP contribution in [0.15, 0.2) is 54.7 Å². The molecule has 0 aliphatic carbocycles. The molecule has 2 atom stereocenters.